The van der Waals surface area contributed by atoms with Crippen molar-refractivity contribution in [2.24, 2.45) is 0 Å². The van der Waals surface area contributed by atoms with E-state index in [0.717, 1.165) is 6.42 Å². The summed E-state index contributed by atoms with van der Waals surface area (Å²) < 4.78 is 3.92. The van der Waals surface area contributed by atoms with Gasteiger partial charge in [0.15, 0.2) is 0 Å². The molecular formula is C14H19N3S. The summed E-state index contributed by atoms with van der Waals surface area (Å²) in [5.41, 5.74) is 2.73. The highest BCUT2D eigenvalue weighted by Gasteiger charge is 2.12. The zero-order chi connectivity index (χ0) is 13.0. The lowest BCUT2D eigenvalue weighted by atomic mass is 9.99. The minimum Gasteiger partial charge on any atom is -0.312 e. The molecule has 0 bridgehead atoms. The van der Waals surface area contributed by atoms with Gasteiger partial charge in [0.25, 0.3) is 0 Å². The molecule has 0 aliphatic carbocycles. The predicted molar refractivity (Wildman–Crippen MR) is 75.9 cm³/mol. The fourth-order valence-electron chi connectivity index (χ4n) is 1.95. The molecule has 3 nitrogen and oxygen atoms in total. The second kappa shape index (κ2) is 6.07. The average Bonchev–Trinajstić information content (AvgIpc) is 2.90. The third-order valence-corrected chi connectivity index (χ3v) is 3.93. The van der Waals surface area contributed by atoms with Gasteiger partial charge in [-0.05, 0) is 42.0 Å². The quantitative estimate of drug-likeness (QED) is 0.898. The highest BCUT2D eigenvalue weighted by Crippen LogP contribution is 2.21. The van der Waals surface area contributed by atoms with Crippen LogP contribution in [-0.4, -0.2) is 16.6 Å². The Balaban J connectivity index is 2.08. The van der Waals surface area contributed by atoms with Crippen molar-refractivity contribution in [2.45, 2.75) is 32.2 Å². The third kappa shape index (κ3) is 3.15. The second-order valence-electron chi connectivity index (χ2n) is 4.76. The maximum atomic E-state index is 3.92. The molecule has 1 N–H and O–H groups in total. The summed E-state index contributed by atoms with van der Waals surface area (Å²) in [6.07, 6.45) is 2.81. The Kier molecular flexibility index (Phi) is 4.44. The SMILES string of the molecule is CNC(Cc1ccc(C(C)C)cc1)c1cnns1. The van der Waals surface area contributed by atoms with E-state index >= 15 is 0 Å². The van der Waals surface area contributed by atoms with Crippen LogP contribution in [0.1, 0.15) is 41.8 Å². The number of hydrogen-bond donors (Lipinski definition) is 1. The normalized spacial score (nSPS) is 12.9. The van der Waals surface area contributed by atoms with E-state index in [-0.39, 0.29) is 0 Å². The summed E-state index contributed by atoms with van der Waals surface area (Å²) in [5.74, 6) is 0.588. The lowest BCUT2D eigenvalue weighted by Crippen LogP contribution is -2.17. The highest BCUT2D eigenvalue weighted by molar-refractivity contribution is 7.05. The molecule has 0 aliphatic rings. The highest BCUT2D eigenvalue weighted by atomic mass is 32.1. The van der Waals surface area contributed by atoms with E-state index in [2.05, 4.69) is 53.0 Å². The van der Waals surface area contributed by atoms with Gasteiger partial charge in [0, 0.05) is 6.04 Å². The summed E-state index contributed by atoms with van der Waals surface area (Å²) in [4.78, 5) is 1.19. The summed E-state index contributed by atoms with van der Waals surface area (Å²) in [7, 11) is 1.98. The number of aromatic nitrogens is 2. The molecular weight excluding hydrogens is 242 g/mol. The topological polar surface area (TPSA) is 37.8 Å². The summed E-state index contributed by atoms with van der Waals surface area (Å²) in [5, 5.41) is 7.22. The molecule has 1 heterocycles. The summed E-state index contributed by atoms with van der Waals surface area (Å²) in [6, 6.07) is 9.17. The van der Waals surface area contributed by atoms with Gasteiger partial charge in [-0.25, -0.2) is 0 Å². The van der Waals surface area contributed by atoms with Crippen molar-refractivity contribution in [1.82, 2.24) is 14.9 Å². The first-order valence-corrected chi connectivity index (χ1v) is 7.01. The van der Waals surface area contributed by atoms with E-state index in [4.69, 9.17) is 0 Å². The van der Waals surface area contributed by atoms with Crippen molar-refractivity contribution in [1.29, 1.82) is 0 Å². The van der Waals surface area contributed by atoms with Gasteiger partial charge in [0.2, 0.25) is 0 Å². The van der Waals surface area contributed by atoms with Crippen LogP contribution in [0.4, 0.5) is 0 Å². The van der Waals surface area contributed by atoms with Gasteiger partial charge >= 0.3 is 0 Å². The number of nitrogens with zero attached hydrogens (tertiary/aromatic N) is 2. The summed E-state index contributed by atoms with van der Waals surface area (Å²) >= 11 is 1.46. The molecule has 4 heteroatoms. The van der Waals surface area contributed by atoms with E-state index < -0.39 is 0 Å². The molecule has 96 valence electrons. The smallest absolute Gasteiger partial charge is 0.0669 e. The van der Waals surface area contributed by atoms with Crippen LogP contribution < -0.4 is 5.32 Å². The molecule has 0 saturated heterocycles. The molecule has 0 fully saturated rings. The van der Waals surface area contributed by atoms with E-state index in [0.29, 0.717) is 12.0 Å². The van der Waals surface area contributed by atoms with Gasteiger partial charge in [-0.3, -0.25) is 0 Å². The molecule has 0 radical (unpaired) electrons. The zero-order valence-corrected chi connectivity index (χ0v) is 11.9. The number of likely N-dealkylation sites (N-methyl/N-ethyl adjacent to an activating group) is 1. The number of benzene rings is 1. The van der Waals surface area contributed by atoms with Crippen LogP contribution in [0.3, 0.4) is 0 Å². The van der Waals surface area contributed by atoms with Crippen LogP contribution >= 0.6 is 11.5 Å². The lowest BCUT2D eigenvalue weighted by molar-refractivity contribution is 0.601. The van der Waals surface area contributed by atoms with Crippen LogP contribution in [0.5, 0.6) is 0 Å². The van der Waals surface area contributed by atoms with Crippen molar-refractivity contribution in [3.8, 4) is 0 Å². The van der Waals surface area contributed by atoms with Gasteiger partial charge in [0.05, 0.1) is 11.1 Å². The van der Waals surface area contributed by atoms with Crippen molar-refractivity contribution in [3.05, 3.63) is 46.5 Å². The van der Waals surface area contributed by atoms with Crippen molar-refractivity contribution in [2.75, 3.05) is 7.05 Å². The molecule has 0 aliphatic heterocycles. The van der Waals surface area contributed by atoms with Crippen LogP contribution in [-0.2, 0) is 6.42 Å². The Hall–Kier alpha value is -1.26. The standard InChI is InChI=1S/C14H19N3S/c1-10(2)12-6-4-11(5-7-12)8-13(15-3)14-9-16-17-18-14/h4-7,9-10,13,15H,8H2,1-3H3. The van der Waals surface area contributed by atoms with Crippen molar-refractivity contribution >= 4 is 11.5 Å². The van der Waals surface area contributed by atoms with Crippen LogP contribution in [0, 0.1) is 0 Å². The Morgan fingerprint density at radius 2 is 1.94 bits per heavy atom. The fraction of sp³-hybridized carbons (Fsp3) is 0.429. The van der Waals surface area contributed by atoms with Crippen molar-refractivity contribution in [3.63, 3.8) is 0 Å². The van der Waals surface area contributed by atoms with Gasteiger partial charge in [-0.15, -0.1) is 5.10 Å². The zero-order valence-electron chi connectivity index (χ0n) is 11.1. The maximum Gasteiger partial charge on any atom is 0.0669 e. The van der Waals surface area contributed by atoms with Crippen LogP contribution in [0.2, 0.25) is 0 Å². The fourth-order valence-corrected chi connectivity index (χ4v) is 2.56. The minimum absolute atomic E-state index is 0.301. The molecule has 0 amide bonds. The first-order chi connectivity index (χ1) is 8.70. The van der Waals surface area contributed by atoms with Crippen molar-refractivity contribution < 1.29 is 0 Å². The number of hydrogen-bond acceptors (Lipinski definition) is 4. The summed E-state index contributed by atoms with van der Waals surface area (Å²) in [6.45, 7) is 4.43. The molecule has 1 unspecified atom stereocenters. The van der Waals surface area contributed by atoms with Gasteiger partial charge in [-0.2, -0.15) is 0 Å². The lowest BCUT2D eigenvalue weighted by Gasteiger charge is -2.14. The van der Waals surface area contributed by atoms with Crippen LogP contribution in [0.15, 0.2) is 30.5 Å². The molecule has 2 rings (SSSR count). The van der Waals surface area contributed by atoms with E-state index in [9.17, 15) is 0 Å². The average molecular weight is 261 g/mol. The maximum absolute atomic E-state index is 3.92. The first kappa shape index (κ1) is 13.2. The Labute approximate surface area is 112 Å². The second-order valence-corrected chi connectivity index (χ2v) is 5.58. The van der Waals surface area contributed by atoms with E-state index in [1.165, 1.54) is 27.5 Å². The van der Waals surface area contributed by atoms with Crippen LogP contribution in [0.25, 0.3) is 0 Å². The van der Waals surface area contributed by atoms with Gasteiger partial charge in [-0.1, -0.05) is 42.6 Å². The van der Waals surface area contributed by atoms with Gasteiger partial charge < -0.3 is 5.32 Å². The largest absolute Gasteiger partial charge is 0.312 e. The minimum atomic E-state index is 0.301. The monoisotopic (exact) mass is 261 g/mol. The Morgan fingerprint density at radius 3 is 2.44 bits per heavy atom. The molecule has 1 aromatic carbocycles. The first-order valence-electron chi connectivity index (χ1n) is 6.24. The van der Waals surface area contributed by atoms with E-state index in [1.807, 2.05) is 13.2 Å². The Morgan fingerprint density at radius 1 is 1.22 bits per heavy atom. The van der Waals surface area contributed by atoms with E-state index in [1.54, 1.807) is 0 Å². The van der Waals surface area contributed by atoms with Gasteiger partial charge in [0.1, 0.15) is 0 Å². The number of rotatable bonds is 5. The molecule has 0 saturated carbocycles. The Bertz CT molecular complexity index is 462. The number of nitrogens with one attached hydrogen (secondary N) is 1. The molecule has 2 aromatic rings. The molecule has 0 spiro atoms. The molecule has 1 atom stereocenters. The predicted octanol–water partition coefficient (Wildman–Crippen LogP) is 3.16. The molecule has 18 heavy (non-hydrogen) atoms. The third-order valence-electron chi connectivity index (χ3n) is 3.16. The molecule has 1 aromatic heterocycles.